The molecule has 2 heterocycles. The summed E-state index contributed by atoms with van der Waals surface area (Å²) in [4.78, 5) is 30.4. The molecule has 1 atom stereocenters. The van der Waals surface area contributed by atoms with E-state index < -0.39 is 0 Å². The number of nitrogens with zero attached hydrogens (tertiary/aromatic N) is 2. The van der Waals surface area contributed by atoms with Gasteiger partial charge in [-0.05, 0) is 43.7 Å². The van der Waals surface area contributed by atoms with Crippen LogP contribution in [0.15, 0.2) is 24.4 Å². The van der Waals surface area contributed by atoms with Crippen LogP contribution in [0.1, 0.15) is 36.2 Å². The molecule has 2 aliphatic rings. The van der Waals surface area contributed by atoms with E-state index in [2.05, 4.69) is 10.3 Å². The van der Waals surface area contributed by atoms with Crippen LogP contribution in [0.5, 0.6) is 0 Å². The fourth-order valence-electron chi connectivity index (χ4n) is 2.74. The summed E-state index contributed by atoms with van der Waals surface area (Å²) in [5.74, 6) is 0.629. The smallest absolute Gasteiger partial charge is 0.272 e. The summed E-state index contributed by atoms with van der Waals surface area (Å²) in [6.07, 6.45) is 5.82. The van der Waals surface area contributed by atoms with Crippen LogP contribution in [0.3, 0.4) is 0 Å². The van der Waals surface area contributed by atoms with Gasteiger partial charge in [0.05, 0.1) is 5.92 Å². The molecule has 5 heteroatoms. The van der Waals surface area contributed by atoms with E-state index in [4.69, 9.17) is 0 Å². The molecule has 1 aliphatic carbocycles. The molecule has 0 aromatic carbocycles. The van der Waals surface area contributed by atoms with Crippen LogP contribution in [0, 0.1) is 11.8 Å². The highest BCUT2D eigenvalue weighted by Crippen LogP contribution is 2.28. The number of likely N-dealkylation sites (tertiary alicyclic amines) is 1. The molecule has 1 aromatic heterocycles. The Morgan fingerprint density at radius 3 is 2.86 bits per heavy atom. The fraction of sp³-hybridized carbons (Fsp3) is 0.562. The van der Waals surface area contributed by atoms with Crippen LogP contribution >= 0.6 is 0 Å². The standard InChI is InChI=1S/C16H21N3O2/c20-15(18-10-12-6-7-12)13-4-3-9-19(11-13)16(21)14-5-1-2-8-17-14/h1-2,5,8,12-13H,3-4,6-7,9-11H2,(H,18,20). The second kappa shape index (κ2) is 6.24. The lowest BCUT2D eigenvalue weighted by Gasteiger charge is -2.31. The lowest BCUT2D eigenvalue weighted by atomic mass is 9.96. The summed E-state index contributed by atoms with van der Waals surface area (Å²) in [6, 6.07) is 5.32. The van der Waals surface area contributed by atoms with E-state index in [9.17, 15) is 9.59 Å². The maximum absolute atomic E-state index is 12.4. The van der Waals surface area contributed by atoms with Gasteiger partial charge in [-0.25, -0.2) is 0 Å². The molecule has 112 valence electrons. The quantitative estimate of drug-likeness (QED) is 0.912. The highest BCUT2D eigenvalue weighted by Gasteiger charge is 2.30. The van der Waals surface area contributed by atoms with Crippen molar-refractivity contribution in [3.05, 3.63) is 30.1 Å². The monoisotopic (exact) mass is 287 g/mol. The topological polar surface area (TPSA) is 62.3 Å². The minimum absolute atomic E-state index is 0.0738. The van der Waals surface area contributed by atoms with Gasteiger partial charge < -0.3 is 10.2 Å². The van der Waals surface area contributed by atoms with Gasteiger partial charge in [0.2, 0.25) is 5.91 Å². The van der Waals surface area contributed by atoms with Gasteiger partial charge in [0.1, 0.15) is 5.69 Å². The third kappa shape index (κ3) is 3.60. The van der Waals surface area contributed by atoms with E-state index in [-0.39, 0.29) is 17.7 Å². The third-order valence-corrected chi connectivity index (χ3v) is 4.23. The summed E-state index contributed by atoms with van der Waals surface area (Å²) in [7, 11) is 0. The highest BCUT2D eigenvalue weighted by atomic mass is 16.2. The molecule has 1 saturated heterocycles. The Morgan fingerprint density at radius 1 is 1.29 bits per heavy atom. The van der Waals surface area contributed by atoms with Gasteiger partial charge in [-0.1, -0.05) is 6.07 Å². The summed E-state index contributed by atoms with van der Waals surface area (Å²) >= 11 is 0. The Kier molecular flexibility index (Phi) is 4.18. The number of amides is 2. The van der Waals surface area contributed by atoms with Gasteiger partial charge in [0.25, 0.3) is 5.91 Å². The van der Waals surface area contributed by atoms with Crippen LogP contribution in [-0.2, 0) is 4.79 Å². The van der Waals surface area contributed by atoms with Gasteiger partial charge in [-0.15, -0.1) is 0 Å². The maximum Gasteiger partial charge on any atom is 0.272 e. The number of hydrogen-bond acceptors (Lipinski definition) is 3. The Morgan fingerprint density at radius 2 is 2.14 bits per heavy atom. The number of pyridine rings is 1. The van der Waals surface area contributed by atoms with E-state index in [1.54, 1.807) is 23.2 Å². The van der Waals surface area contributed by atoms with Crippen molar-refractivity contribution in [2.24, 2.45) is 11.8 Å². The molecule has 0 bridgehead atoms. The van der Waals surface area contributed by atoms with E-state index in [0.717, 1.165) is 19.4 Å². The molecule has 1 unspecified atom stereocenters. The number of carbonyl (C=O) groups is 2. The molecule has 1 saturated carbocycles. The third-order valence-electron chi connectivity index (χ3n) is 4.23. The normalized spacial score (nSPS) is 21.9. The van der Waals surface area contributed by atoms with Gasteiger partial charge in [-0.2, -0.15) is 0 Å². The zero-order valence-electron chi connectivity index (χ0n) is 12.1. The lowest BCUT2D eigenvalue weighted by Crippen LogP contribution is -2.45. The highest BCUT2D eigenvalue weighted by molar-refractivity contribution is 5.92. The van der Waals surface area contributed by atoms with E-state index >= 15 is 0 Å². The average Bonchev–Trinajstić information content (AvgIpc) is 3.37. The van der Waals surface area contributed by atoms with Crippen molar-refractivity contribution in [3.63, 3.8) is 0 Å². The molecule has 0 radical (unpaired) electrons. The predicted molar refractivity (Wildman–Crippen MR) is 78.6 cm³/mol. The Balaban J connectivity index is 1.57. The first kappa shape index (κ1) is 14.0. The van der Waals surface area contributed by atoms with Crippen LogP contribution in [0.4, 0.5) is 0 Å². The van der Waals surface area contributed by atoms with Crippen molar-refractivity contribution in [2.45, 2.75) is 25.7 Å². The van der Waals surface area contributed by atoms with E-state index in [0.29, 0.717) is 24.7 Å². The Bertz CT molecular complexity index is 514. The molecule has 21 heavy (non-hydrogen) atoms. The lowest BCUT2D eigenvalue weighted by molar-refractivity contribution is -0.126. The van der Waals surface area contributed by atoms with Crippen LogP contribution in [-0.4, -0.2) is 41.3 Å². The molecule has 1 aliphatic heterocycles. The molecule has 5 nitrogen and oxygen atoms in total. The van der Waals surface area contributed by atoms with Gasteiger partial charge in [0, 0.05) is 25.8 Å². The van der Waals surface area contributed by atoms with Crippen molar-refractivity contribution in [2.75, 3.05) is 19.6 Å². The fourth-order valence-corrected chi connectivity index (χ4v) is 2.74. The minimum Gasteiger partial charge on any atom is -0.356 e. The molecule has 1 N–H and O–H groups in total. The summed E-state index contributed by atoms with van der Waals surface area (Å²) in [5, 5.41) is 3.02. The Labute approximate surface area is 124 Å². The molecule has 2 fully saturated rings. The van der Waals surface area contributed by atoms with Gasteiger partial charge >= 0.3 is 0 Å². The number of carbonyl (C=O) groups excluding carboxylic acids is 2. The number of aromatic nitrogens is 1. The zero-order chi connectivity index (χ0) is 14.7. The number of rotatable bonds is 4. The predicted octanol–water partition coefficient (Wildman–Crippen LogP) is 1.46. The molecule has 0 spiro atoms. The number of hydrogen-bond donors (Lipinski definition) is 1. The second-order valence-corrected chi connectivity index (χ2v) is 5.99. The van der Waals surface area contributed by atoms with Gasteiger partial charge in [0.15, 0.2) is 0 Å². The van der Waals surface area contributed by atoms with E-state index in [1.165, 1.54) is 12.8 Å². The Hall–Kier alpha value is -1.91. The van der Waals surface area contributed by atoms with Crippen molar-refractivity contribution >= 4 is 11.8 Å². The first-order valence-corrected chi connectivity index (χ1v) is 7.72. The van der Waals surface area contributed by atoms with Crippen molar-refractivity contribution in [1.29, 1.82) is 0 Å². The summed E-state index contributed by atoms with van der Waals surface area (Å²) < 4.78 is 0. The van der Waals surface area contributed by atoms with Crippen molar-refractivity contribution in [3.8, 4) is 0 Å². The van der Waals surface area contributed by atoms with Crippen LogP contribution in [0.25, 0.3) is 0 Å². The van der Waals surface area contributed by atoms with Gasteiger partial charge in [-0.3, -0.25) is 14.6 Å². The zero-order valence-corrected chi connectivity index (χ0v) is 12.1. The number of nitrogens with one attached hydrogen (secondary N) is 1. The first-order chi connectivity index (χ1) is 10.2. The largest absolute Gasteiger partial charge is 0.356 e. The maximum atomic E-state index is 12.4. The van der Waals surface area contributed by atoms with Crippen molar-refractivity contribution < 1.29 is 9.59 Å². The molecule has 2 amide bonds. The molecule has 3 rings (SSSR count). The minimum atomic E-state index is -0.0786. The SMILES string of the molecule is O=C(NCC1CC1)C1CCCN(C(=O)c2ccccn2)C1. The van der Waals surface area contributed by atoms with Crippen LogP contribution in [0.2, 0.25) is 0 Å². The molecular formula is C16H21N3O2. The van der Waals surface area contributed by atoms with E-state index in [1.807, 2.05) is 6.07 Å². The molecular weight excluding hydrogens is 266 g/mol. The summed E-state index contributed by atoms with van der Waals surface area (Å²) in [5.41, 5.74) is 0.455. The second-order valence-electron chi connectivity index (χ2n) is 5.99. The average molecular weight is 287 g/mol. The number of piperidine rings is 1. The summed E-state index contributed by atoms with van der Waals surface area (Å²) in [6.45, 7) is 2.01. The van der Waals surface area contributed by atoms with Crippen LogP contribution < -0.4 is 5.32 Å². The first-order valence-electron chi connectivity index (χ1n) is 7.72. The van der Waals surface area contributed by atoms with Crippen molar-refractivity contribution in [1.82, 2.24) is 15.2 Å². The molecule has 1 aromatic rings.